The Labute approximate surface area is 177 Å². The number of aromatic carboxylic acids is 1. The van der Waals surface area contributed by atoms with Crippen LogP contribution in [-0.2, 0) is 0 Å². The van der Waals surface area contributed by atoms with Gasteiger partial charge in [-0.2, -0.15) is 0 Å². The first-order valence-electron chi connectivity index (χ1n) is 9.62. The molecule has 0 aliphatic carbocycles. The fraction of sp³-hybridized carbons (Fsp3) is 0.0800. The molecule has 0 fully saturated rings. The monoisotopic (exact) mass is 413 g/mol. The highest BCUT2D eigenvalue weighted by molar-refractivity contribution is 6.05. The highest BCUT2D eigenvalue weighted by atomic mass is 16.4. The van der Waals surface area contributed by atoms with Crippen LogP contribution in [-0.4, -0.2) is 17.0 Å². The number of fused-ring (bicyclic) bond motifs is 1. The maximum absolute atomic E-state index is 12.6. The standard InChI is InChI=1S/C25H19NO5/c1-14-3-10-22-19(11-14)21(27)13-23(31-22)16-6-8-17(9-7-16)24(28)26-20-12-18(25(29)30)5-4-15(20)2/h3-13H,1-2H3,(H,26,28)(H,29,30). The van der Waals surface area contributed by atoms with E-state index in [4.69, 9.17) is 9.52 Å². The lowest BCUT2D eigenvalue weighted by molar-refractivity contribution is 0.0696. The van der Waals surface area contributed by atoms with Crippen LogP contribution in [0.15, 0.2) is 75.9 Å². The van der Waals surface area contributed by atoms with Crippen molar-refractivity contribution in [3.8, 4) is 11.3 Å². The third kappa shape index (κ3) is 4.09. The van der Waals surface area contributed by atoms with Gasteiger partial charge in [-0.05, 0) is 55.8 Å². The van der Waals surface area contributed by atoms with Gasteiger partial charge in [-0.25, -0.2) is 4.79 Å². The molecule has 4 rings (SSSR count). The molecule has 0 saturated carbocycles. The smallest absolute Gasteiger partial charge is 0.335 e. The van der Waals surface area contributed by atoms with Crippen molar-refractivity contribution < 1.29 is 19.1 Å². The average Bonchev–Trinajstić information content (AvgIpc) is 2.75. The summed E-state index contributed by atoms with van der Waals surface area (Å²) in [5, 5.41) is 12.4. The van der Waals surface area contributed by atoms with Crippen LogP contribution < -0.4 is 10.7 Å². The number of carboxylic acid groups (broad SMARTS) is 1. The number of anilines is 1. The lowest BCUT2D eigenvalue weighted by Crippen LogP contribution is -2.13. The highest BCUT2D eigenvalue weighted by Crippen LogP contribution is 2.24. The number of benzene rings is 3. The van der Waals surface area contributed by atoms with Gasteiger partial charge in [0.25, 0.3) is 5.91 Å². The Morgan fingerprint density at radius 1 is 0.871 bits per heavy atom. The molecule has 2 N–H and O–H groups in total. The molecule has 0 saturated heterocycles. The number of hydrogen-bond acceptors (Lipinski definition) is 4. The Morgan fingerprint density at radius 3 is 2.29 bits per heavy atom. The van der Waals surface area contributed by atoms with Crippen molar-refractivity contribution in [3.05, 3.63) is 99.2 Å². The second kappa shape index (κ2) is 7.91. The van der Waals surface area contributed by atoms with Crippen LogP contribution in [0.1, 0.15) is 31.8 Å². The Morgan fingerprint density at radius 2 is 1.58 bits per heavy atom. The van der Waals surface area contributed by atoms with Crippen molar-refractivity contribution in [2.24, 2.45) is 0 Å². The van der Waals surface area contributed by atoms with E-state index in [9.17, 15) is 14.4 Å². The van der Waals surface area contributed by atoms with E-state index in [2.05, 4.69) is 5.32 Å². The Hall–Kier alpha value is -4.19. The zero-order valence-electron chi connectivity index (χ0n) is 16.9. The van der Waals surface area contributed by atoms with E-state index in [1.165, 1.54) is 18.2 Å². The van der Waals surface area contributed by atoms with Crippen molar-refractivity contribution in [2.45, 2.75) is 13.8 Å². The molecule has 0 radical (unpaired) electrons. The second-order valence-electron chi connectivity index (χ2n) is 7.34. The van der Waals surface area contributed by atoms with Crippen LogP contribution in [0.2, 0.25) is 0 Å². The second-order valence-corrected chi connectivity index (χ2v) is 7.34. The normalized spacial score (nSPS) is 10.8. The van der Waals surface area contributed by atoms with E-state index in [-0.39, 0.29) is 16.9 Å². The molecule has 31 heavy (non-hydrogen) atoms. The summed E-state index contributed by atoms with van der Waals surface area (Å²) in [5.41, 5.74) is 3.69. The van der Waals surface area contributed by atoms with Gasteiger partial charge in [0, 0.05) is 22.9 Å². The minimum atomic E-state index is -1.06. The number of amides is 1. The van der Waals surface area contributed by atoms with Gasteiger partial charge in [-0.15, -0.1) is 0 Å². The average molecular weight is 413 g/mol. The molecule has 1 heterocycles. The van der Waals surface area contributed by atoms with Crippen LogP contribution in [0, 0.1) is 13.8 Å². The predicted molar refractivity (Wildman–Crippen MR) is 119 cm³/mol. The van der Waals surface area contributed by atoms with Gasteiger partial charge >= 0.3 is 5.97 Å². The number of carboxylic acids is 1. The molecule has 154 valence electrons. The molecular weight excluding hydrogens is 394 g/mol. The summed E-state index contributed by atoms with van der Waals surface area (Å²) in [6.07, 6.45) is 0. The molecule has 1 amide bonds. The molecule has 4 aromatic rings. The largest absolute Gasteiger partial charge is 0.478 e. The fourth-order valence-corrected chi connectivity index (χ4v) is 3.28. The molecule has 0 aliphatic rings. The van der Waals surface area contributed by atoms with Crippen LogP contribution in [0.4, 0.5) is 5.69 Å². The molecular formula is C25H19NO5. The fourth-order valence-electron chi connectivity index (χ4n) is 3.28. The molecule has 6 nitrogen and oxygen atoms in total. The van der Waals surface area contributed by atoms with Crippen LogP contribution in [0.3, 0.4) is 0 Å². The number of aryl methyl sites for hydroxylation is 2. The quantitative estimate of drug-likeness (QED) is 0.489. The first kappa shape index (κ1) is 20.1. The summed E-state index contributed by atoms with van der Waals surface area (Å²) in [6.45, 7) is 3.70. The Balaban J connectivity index is 1.60. The van der Waals surface area contributed by atoms with E-state index < -0.39 is 5.97 Å². The lowest BCUT2D eigenvalue weighted by atomic mass is 10.1. The Kier molecular flexibility index (Phi) is 5.13. The van der Waals surface area contributed by atoms with E-state index in [1.807, 2.05) is 13.0 Å². The zero-order valence-corrected chi connectivity index (χ0v) is 16.9. The lowest BCUT2D eigenvalue weighted by Gasteiger charge is -2.10. The maximum Gasteiger partial charge on any atom is 0.335 e. The predicted octanol–water partition coefficient (Wildman–Crippen LogP) is 5.03. The molecule has 0 spiro atoms. The summed E-state index contributed by atoms with van der Waals surface area (Å²) in [5.74, 6) is -1.02. The van der Waals surface area contributed by atoms with Crippen molar-refractivity contribution in [3.63, 3.8) is 0 Å². The van der Waals surface area contributed by atoms with Gasteiger partial charge in [0.05, 0.1) is 10.9 Å². The molecule has 3 aromatic carbocycles. The number of hydrogen-bond donors (Lipinski definition) is 2. The number of nitrogens with one attached hydrogen (secondary N) is 1. The zero-order chi connectivity index (χ0) is 22.1. The van der Waals surface area contributed by atoms with Crippen molar-refractivity contribution in [2.75, 3.05) is 5.32 Å². The summed E-state index contributed by atoms with van der Waals surface area (Å²) >= 11 is 0. The summed E-state index contributed by atoms with van der Waals surface area (Å²) in [6, 6.07) is 18.1. The van der Waals surface area contributed by atoms with E-state index in [0.717, 1.165) is 11.1 Å². The number of rotatable bonds is 4. The summed E-state index contributed by atoms with van der Waals surface area (Å²) in [4.78, 5) is 36.2. The minimum Gasteiger partial charge on any atom is -0.478 e. The van der Waals surface area contributed by atoms with Gasteiger partial charge in [-0.3, -0.25) is 9.59 Å². The number of carbonyl (C=O) groups is 2. The van der Waals surface area contributed by atoms with E-state index in [0.29, 0.717) is 33.5 Å². The van der Waals surface area contributed by atoms with Gasteiger partial charge < -0.3 is 14.8 Å². The van der Waals surface area contributed by atoms with Crippen LogP contribution in [0.25, 0.3) is 22.3 Å². The third-order valence-electron chi connectivity index (χ3n) is 5.05. The molecule has 0 atom stereocenters. The minimum absolute atomic E-state index is 0.0952. The van der Waals surface area contributed by atoms with Crippen molar-refractivity contribution >= 4 is 28.5 Å². The van der Waals surface area contributed by atoms with Crippen molar-refractivity contribution in [1.29, 1.82) is 0 Å². The Bertz CT molecular complexity index is 1380. The highest BCUT2D eigenvalue weighted by Gasteiger charge is 2.12. The summed E-state index contributed by atoms with van der Waals surface area (Å²) in [7, 11) is 0. The van der Waals surface area contributed by atoms with E-state index in [1.54, 1.807) is 49.4 Å². The van der Waals surface area contributed by atoms with Gasteiger partial charge in [0.2, 0.25) is 0 Å². The maximum atomic E-state index is 12.6. The third-order valence-corrected chi connectivity index (χ3v) is 5.05. The van der Waals surface area contributed by atoms with Gasteiger partial charge in [0.15, 0.2) is 5.43 Å². The van der Waals surface area contributed by atoms with Crippen LogP contribution >= 0.6 is 0 Å². The van der Waals surface area contributed by atoms with Gasteiger partial charge in [0.1, 0.15) is 11.3 Å². The molecule has 0 bridgehead atoms. The molecule has 0 unspecified atom stereocenters. The van der Waals surface area contributed by atoms with Crippen molar-refractivity contribution in [1.82, 2.24) is 0 Å². The first-order valence-corrected chi connectivity index (χ1v) is 9.62. The topological polar surface area (TPSA) is 96.6 Å². The number of carbonyl (C=O) groups excluding carboxylic acids is 1. The van der Waals surface area contributed by atoms with Crippen LogP contribution in [0.5, 0.6) is 0 Å². The molecule has 0 aliphatic heterocycles. The molecule has 6 heteroatoms. The van der Waals surface area contributed by atoms with E-state index >= 15 is 0 Å². The van der Waals surface area contributed by atoms with Gasteiger partial charge in [-0.1, -0.05) is 29.8 Å². The molecule has 1 aromatic heterocycles. The SMILES string of the molecule is Cc1ccc2oc(-c3ccc(C(=O)Nc4cc(C(=O)O)ccc4C)cc3)cc(=O)c2c1. The summed E-state index contributed by atoms with van der Waals surface area (Å²) < 4.78 is 5.87. The first-order chi connectivity index (χ1) is 14.8.